The summed E-state index contributed by atoms with van der Waals surface area (Å²) < 4.78 is 13.5. The van der Waals surface area contributed by atoms with Gasteiger partial charge in [-0.25, -0.2) is 0 Å². The van der Waals surface area contributed by atoms with E-state index >= 15 is 0 Å². The molecule has 0 unspecified atom stereocenters. The molecule has 2 rings (SSSR count). The van der Waals surface area contributed by atoms with E-state index in [0.717, 1.165) is 0 Å². The minimum absolute atomic E-state index is 0.135. The second kappa shape index (κ2) is 6.42. The third kappa shape index (κ3) is 3.37. The zero-order chi connectivity index (χ0) is 13.7. The Morgan fingerprint density at radius 2 is 1.68 bits per heavy atom. The van der Waals surface area contributed by atoms with Gasteiger partial charge in [0, 0.05) is 5.56 Å². The van der Waals surface area contributed by atoms with E-state index in [-0.39, 0.29) is 5.91 Å². The molecule has 0 aliphatic heterocycles. The fourth-order valence-corrected chi connectivity index (χ4v) is 1.87. The molecule has 0 aromatic heterocycles. The van der Waals surface area contributed by atoms with E-state index in [1.54, 1.807) is 54.2 Å². The molecule has 5 heteroatoms. The Hall–Kier alpha value is -1.76. The van der Waals surface area contributed by atoms with E-state index < -0.39 is 0 Å². The van der Waals surface area contributed by atoms with E-state index in [0.29, 0.717) is 22.8 Å². The van der Waals surface area contributed by atoms with Crippen molar-refractivity contribution in [1.29, 1.82) is 0 Å². The van der Waals surface area contributed by atoms with Gasteiger partial charge in [0.2, 0.25) is 0 Å². The smallest absolute Gasteiger partial charge is 0.259 e. The molecule has 0 fully saturated rings. The molecule has 2 aromatic rings. The highest BCUT2D eigenvalue weighted by Crippen LogP contribution is 2.30. The molecule has 0 saturated heterocycles. The highest BCUT2D eigenvalue weighted by molar-refractivity contribution is 14.1. The van der Waals surface area contributed by atoms with Crippen molar-refractivity contribution in [1.82, 2.24) is 3.53 Å². The Labute approximate surface area is 125 Å². The summed E-state index contributed by atoms with van der Waals surface area (Å²) >= 11 is 1.81. The van der Waals surface area contributed by atoms with E-state index in [4.69, 9.17) is 9.47 Å². The lowest BCUT2D eigenvalue weighted by molar-refractivity contribution is 0.0989. The number of ether oxygens (including phenoxy) is 2. The molecule has 4 nitrogen and oxygen atoms in total. The summed E-state index contributed by atoms with van der Waals surface area (Å²) in [6.45, 7) is 0. The fourth-order valence-electron chi connectivity index (χ4n) is 1.56. The molecular weight excluding hydrogens is 357 g/mol. The number of rotatable bonds is 4. The van der Waals surface area contributed by atoms with Crippen LogP contribution in [-0.4, -0.2) is 13.0 Å². The lowest BCUT2D eigenvalue weighted by atomic mass is 10.2. The normalized spacial score (nSPS) is 9.79. The lowest BCUT2D eigenvalue weighted by Gasteiger charge is -2.10. The molecule has 0 spiro atoms. The lowest BCUT2D eigenvalue weighted by Crippen LogP contribution is -2.11. The average molecular weight is 369 g/mol. The maximum atomic E-state index is 11.4. The van der Waals surface area contributed by atoms with Crippen LogP contribution in [0.5, 0.6) is 17.2 Å². The van der Waals surface area contributed by atoms with Crippen LogP contribution in [0.2, 0.25) is 0 Å². The molecular formula is C14H12INO3. The van der Waals surface area contributed by atoms with Gasteiger partial charge in [-0.3, -0.25) is 8.32 Å². The summed E-state index contributed by atoms with van der Waals surface area (Å²) in [7, 11) is 1.59. The number of nitrogens with one attached hydrogen (secondary N) is 1. The van der Waals surface area contributed by atoms with Crippen molar-refractivity contribution in [2.45, 2.75) is 0 Å². The highest BCUT2D eigenvalue weighted by atomic mass is 127. The van der Waals surface area contributed by atoms with Crippen LogP contribution >= 0.6 is 22.9 Å². The van der Waals surface area contributed by atoms with Crippen LogP contribution in [0.3, 0.4) is 0 Å². The van der Waals surface area contributed by atoms with Crippen molar-refractivity contribution in [3.05, 3.63) is 54.1 Å². The van der Waals surface area contributed by atoms with Gasteiger partial charge in [0.15, 0.2) is 11.5 Å². The van der Waals surface area contributed by atoms with Crippen molar-refractivity contribution in [2.24, 2.45) is 0 Å². The van der Waals surface area contributed by atoms with Gasteiger partial charge in [-0.1, -0.05) is 12.1 Å². The minimum atomic E-state index is -0.135. The Kier molecular flexibility index (Phi) is 4.62. The van der Waals surface area contributed by atoms with Crippen LogP contribution in [0.4, 0.5) is 0 Å². The SMILES string of the molecule is COc1ccccc1Oc1ccc(C(=O)NI)cc1. The topological polar surface area (TPSA) is 47.6 Å². The van der Waals surface area contributed by atoms with Gasteiger partial charge >= 0.3 is 0 Å². The Morgan fingerprint density at radius 3 is 2.26 bits per heavy atom. The molecule has 0 aliphatic carbocycles. The number of para-hydroxylation sites is 2. The number of halogens is 1. The maximum absolute atomic E-state index is 11.4. The number of methoxy groups -OCH3 is 1. The molecule has 19 heavy (non-hydrogen) atoms. The third-order valence-electron chi connectivity index (χ3n) is 2.50. The molecule has 2 aromatic carbocycles. The van der Waals surface area contributed by atoms with E-state index in [1.165, 1.54) is 0 Å². The van der Waals surface area contributed by atoms with Gasteiger partial charge < -0.3 is 9.47 Å². The first kappa shape index (κ1) is 13.7. The van der Waals surface area contributed by atoms with Gasteiger partial charge in [-0.15, -0.1) is 0 Å². The summed E-state index contributed by atoms with van der Waals surface area (Å²) in [5.74, 6) is 1.81. The van der Waals surface area contributed by atoms with Gasteiger partial charge in [0.05, 0.1) is 30.0 Å². The largest absolute Gasteiger partial charge is 0.493 e. The van der Waals surface area contributed by atoms with E-state index in [1.807, 2.05) is 24.3 Å². The van der Waals surface area contributed by atoms with Gasteiger partial charge in [-0.2, -0.15) is 0 Å². The number of carbonyl (C=O) groups is 1. The molecule has 0 heterocycles. The van der Waals surface area contributed by atoms with Crippen LogP contribution in [0.1, 0.15) is 10.4 Å². The van der Waals surface area contributed by atoms with Crippen molar-refractivity contribution in [3.8, 4) is 17.2 Å². The summed E-state index contributed by atoms with van der Waals surface area (Å²) in [6, 6.07) is 14.3. The number of hydrogen-bond acceptors (Lipinski definition) is 3. The minimum Gasteiger partial charge on any atom is -0.493 e. The van der Waals surface area contributed by atoms with Crippen LogP contribution in [-0.2, 0) is 0 Å². The van der Waals surface area contributed by atoms with Crippen LogP contribution in [0.25, 0.3) is 0 Å². The third-order valence-corrected chi connectivity index (χ3v) is 2.99. The molecule has 0 aliphatic rings. The Bertz CT molecular complexity index is 569. The van der Waals surface area contributed by atoms with Crippen molar-refractivity contribution >= 4 is 28.8 Å². The molecule has 1 N–H and O–H groups in total. The van der Waals surface area contributed by atoms with Crippen LogP contribution in [0.15, 0.2) is 48.5 Å². The van der Waals surface area contributed by atoms with Gasteiger partial charge in [0.1, 0.15) is 5.75 Å². The predicted octanol–water partition coefficient (Wildman–Crippen LogP) is 3.57. The van der Waals surface area contributed by atoms with Crippen LogP contribution < -0.4 is 13.0 Å². The Morgan fingerprint density at radius 1 is 1.05 bits per heavy atom. The molecule has 0 atom stereocenters. The number of amides is 1. The molecule has 1 amide bonds. The first-order valence-electron chi connectivity index (χ1n) is 5.56. The monoisotopic (exact) mass is 369 g/mol. The first-order valence-corrected chi connectivity index (χ1v) is 6.64. The average Bonchev–Trinajstić information content (AvgIpc) is 2.48. The fraction of sp³-hybridized carbons (Fsp3) is 0.0714. The summed E-state index contributed by atoms with van der Waals surface area (Å²) in [4.78, 5) is 11.4. The second-order valence-electron chi connectivity index (χ2n) is 3.70. The van der Waals surface area contributed by atoms with E-state index in [9.17, 15) is 4.79 Å². The van der Waals surface area contributed by atoms with Gasteiger partial charge in [-0.05, 0) is 36.4 Å². The van der Waals surface area contributed by atoms with Gasteiger partial charge in [0.25, 0.3) is 5.91 Å². The maximum Gasteiger partial charge on any atom is 0.259 e. The highest BCUT2D eigenvalue weighted by Gasteiger charge is 2.06. The summed E-state index contributed by atoms with van der Waals surface area (Å²) in [5.41, 5.74) is 0.585. The second-order valence-corrected chi connectivity index (χ2v) is 4.24. The number of hydrogen-bond donors (Lipinski definition) is 1. The predicted molar refractivity (Wildman–Crippen MR) is 81.0 cm³/mol. The zero-order valence-corrected chi connectivity index (χ0v) is 12.4. The molecule has 0 bridgehead atoms. The number of carbonyl (C=O) groups excluding carboxylic acids is 1. The van der Waals surface area contributed by atoms with E-state index in [2.05, 4.69) is 3.53 Å². The zero-order valence-electron chi connectivity index (χ0n) is 10.2. The Balaban J connectivity index is 2.17. The van der Waals surface area contributed by atoms with Crippen molar-refractivity contribution in [2.75, 3.05) is 7.11 Å². The summed E-state index contributed by atoms with van der Waals surface area (Å²) in [6.07, 6.45) is 0. The number of benzene rings is 2. The molecule has 98 valence electrons. The quantitative estimate of drug-likeness (QED) is 0.662. The standard InChI is InChI=1S/C14H12INO3/c1-18-12-4-2-3-5-13(12)19-11-8-6-10(7-9-11)14(17)16-15/h2-9H,1H3,(H,16,17). The van der Waals surface area contributed by atoms with Crippen molar-refractivity contribution in [3.63, 3.8) is 0 Å². The summed E-state index contributed by atoms with van der Waals surface area (Å²) in [5, 5.41) is 0. The molecule has 0 radical (unpaired) electrons. The first-order chi connectivity index (χ1) is 9.24. The molecule has 0 saturated carbocycles. The van der Waals surface area contributed by atoms with Crippen LogP contribution in [0, 0.1) is 0 Å². The van der Waals surface area contributed by atoms with Crippen molar-refractivity contribution < 1.29 is 14.3 Å².